The highest BCUT2D eigenvalue weighted by Gasteiger charge is 2.15. The van der Waals surface area contributed by atoms with Crippen molar-refractivity contribution in [3.8, 4) is 5.75 Å². The third kappa shape index (κ3) is 4.33. The molecule has 3 nitrogen and oxygen atoms in total. The Morgan fingerprint density at radius 1 is 1.05 bits per heavy atom. The van der Waals surface area contributed by atoms with Crippen LogP contribution in [0.15, 0.2) is 42.5 Å². The molecule has 2 rings (SSSR count). The first-order chi connectivity index (χ1) is 10.5. The number of rotatable bonds is 6. The van der Waals surface area contributed by atoms with Gasteiger partial charge in [-0.05, 0) is 49.9 Å². The van der Waals surface area contributed by atoms with Crippen molar-refractivity contribution in [2.24, 2.45) is 0 Å². The molecular formula is C19H25NO2. The van der Waals surface area contributed by atoms with Crippen molar-refractivity contribution < 1.29 is 10.2 Å². The smallest absolute Gasteiger partial charge is 0.120 e. The number of hydrogen-bond acceptors (Lipinski definition) is 3. The Labute approximate surface area is 132 Å². The van der Waals surface area contributed by atoms with E-state index in [1.165, 1.54) is 0 Å². The zero-order valence-electron chi connectivity index (χ0n) is 13.5. The fraction of sp³-hybridized carbons (Fsp3) is 0.368. The SMILES string of the molecule is Cc1cc(O)c(CNC(C)C(O)Cc2ccccc2)cc1C. The number of aryl methyl sites for hydroxylation is 2. The topological polar surface area (TPSA) is 52.5 Å². The van der Waals surface area contributed by atoms with Crippen molar-refractivity contribution in [3.63, 3.8) is 0 Å². The highest BCUT2D eigenvalue weighted by atomic mass is 16.3. The predicted molar refractivity (Wildman–Crippen MR) is 90.0 cm³/mol. The predicted octanol–water partition coefficient (Wildman–Crippen LogP) is 3.09. The van der Waals surface area contributed by atoms with E-state index in [1.807, 2.05) is 57.2 Å². The van der Waals surface area contributed by atoms with E-state index in [0.29, 0.717) is 18.7 Å². The van der Waals surface area contributed by atoms with Crippen molar-refractivity contribution in [1.29, 1.82) is 0 Å². The minimum atomic E-state index is -0.462. The number of aromatic hydroxyl groups is 1. The monoisotopic (exact) mass is 299 g/mol. The van der Waals surface area contributed by atoms with Crippen molar-refractivity contribution in [2.45, 2.75) is 45.9 Å². The minimum absolute atomic E-state index is 0.0544. The van der Waals surface area contributed by atoms with Crippen LogP contribution < -0.4 is 5.32 Å². The molecule has 3 heteroatoms. The molecular weight excluding hydrogens is 274 g/mol. The van der Waals surface area contributed by atoms with Gasteiger partial charge in [-0.3, -0.25) is 0 Å². The van der Waals surface area contributed by atoms with Crippen LogP contribution in [0.4, 0.5) is 0 Å². The maximum absolute atomic E-state index is 10.3. The fourth-order valence-corrected chi connectivity index (χ4v) is 2.44. The van der Waals surface area contributed by atoms with Gasteiger partial charge in [-0.15, -0.1) is 0 Å². The van der Waals surface area contributed by atoms with Gasteiger partial charge >= 0.3 is 0 Å². The summed E-state index contributed by atoms with van der Waals surface area (Å²) < 4.78 is 0. The zero-order valence-corrected chi connectivity index (χ0v) is 13.5. The van der Waals surface area contributed by atoms with E-state index in [-0.39, 0.29) is 6.04 Å². The molecule has 0 radical (unpaired) electrons. The molecule has 2 unspecified atom stereocenters. The summed E-state index contributed by atoms with van der Waals surface area (Å²) >= 11 is 0. The van der Waals surface area contributed by atoms with Gasteiger partial charge < -0.3 is 15.5 Å². The lowest BCUT2D eigenvalue weighted by atomic mass is 10.0. The van der Waals surface area contributed by atoms with Crippen LogP contribution in [-0.4, -0.2) is 22.4 Å². The largest absolute Gasteiger partial charge is 0.508 e. The molecule has 0 aliphatic rings. The van der Waals surface area contributed by atoms with Crippen molar-refractivity contribution in [1.82, 2.24) is 5.32 Å². The summed E-state index contributed by atoms with van der Waals surface area (Å²) in [7, 11) is 0. The number of benzene rings is 2. The molecule has 0 spiro atoms. The molecule has 0 aromatic heterocycles. The fourth-order valence-electron chi connectivity index (χ4n) is 2.44. The summed E-state index contributed by atoms with van der Waals surface area (Å²) in [5.74, 6) is 0.306. The van der Waals surface area contributed by atoms with Gasteiger partial charge in [0, 0.05) is 18.2 Å². The molecule has 0 heterocycles. The Morgan fingerprint density at radius 3 is 2.36 bits per heavy atom. The van der Waals surface area contributed by atoms with Gasteiger partial charge in [-0.1, -0.05) is 36.4 Å². The van der Waals surface area contributed by atoms with E-state index in [9.17, 15) is 10.2 Å². The number of nitrogens with one attached hydrogen (secondary N) is 1. The summed E-state index contributed by atoms with van der Waals surface area (Å²) in [4.78, 5) is 0. The molecule has 0 amide bonds. The van der Waals surface area contributed by atoms with Crippen LogP contribution in [0.3, 0.4) is 0 Å². The maximum atomic E-state index is 10.3. The Kier molecular flexibility index (Phi) is 5.58. The average Bonchev–Trinajstić information content (AvgIpc) is 2.50. The average molecular weight is 299 g/mol. The molecule has 0 fully saturated rings. The first-order valence-electron chi connectivity index (χ1n) is 7.72. The minimum Gasteiger partial charge on any atom is -0.508 e. The van der Waals surface area contributed by atoms with E-state index < -0.39 is 6.10 Å². The highest BCUT2D eigenvalue weighted by molar-refractivity contribution is 5.40. The van der Waals surface area contributed by atoms with E-state index in [2.05, 4.69) is 5.32 Å². The van der Waals surface area contributed by atoms with Gasteiger partial charge in [0.1, 0.15) is 5.75 Å². The normalized spacial score (nSPS) is 13.8. The molecule has 0 aliphatic heterocycles. The van der Waals surface area contributed by atoms with E-state index in [0.717, 1.165) is 22.3 Å². The number of hydrogen-bond donors (Lipinski definition) is 3. The summed E-state index contributed by atoms with van der Waals surface area (Å²) in [5, 5.41) is 23.6. The van der Waals surface area contributed by atoms with Crippen LogP contribution >= 0.6 is 0 Å². The Morgan fingerprint density at radius 2 is 1.68 bits per heavy atom. The van der Waals surface area contributed by atoms with Crippen LogP contribution in [0.1, 0.15) is 29.2 Å². The van der Waals surface area contributed by atoms with Crippen LogP contribution in [-0.2, 0) is 13.0 Å². The summed E-state index contributed by atoms with van der Waals surface area (Å²) in [5.41, 5.74) is 4.23. The first kappa shape index (κ1) is 16.5. The summed E-state index contributed by atoms with van der Waals surface area (Å²) in [6.45, 7) is 6.52. The number of aliphatic hydroxyl groups excluding tert-OH is 1. The molecule has 2 aromatic carbocycles. The number of phenols is 1. The lowest BCUT2D eigenvalue weighted by Crippen LogP contribution is -2.38. The molecule has 0 aliphatic carbocycles. The van der Waals surface area contributed by atoms with E-state index >= 15 is 0 Å². The third-order valence-electron chi connectivity index (χ3n) is 4.17. The lowest BCUT2D eigenvalue weighted by molar-refractivity contribution is 0.134. The molecule has 0 saturated heterocycles. The van der Waals surface area contributed by atoms with Crippen molar-refractivity contribution in [3.05, 3.63) is 64.7 Å². The summed E-state index contributed by atoms with van der Waals surface area (Å²) in [6, 6.07) is 13.7. The van der Waals surface area contributed by atoms with Gasteiger partial charge in [0.05, 0.1) is 6.10 Å². The Bertz CT molecular complexity index is 610. The number of aliphatic hydroxyl groups is 1. The molecule has 118 valence electrons. The highest BCUT2D eigenvalue weighted by Crippen LogP contribution is 2.21. The molecule has 2 atom stereocenters. The second kappa shape index (κ2) is 7.43. The second-order valence-corrected chi connectivity index (χ2v) is 5.99. The molecule has 2 aromatic rings. The van der Waals surface area contributed by atoms with Crippen molar-refractivity contribution in [2.75, 3.05) is 0 Å². The second-order valence-electron chi connectivity index (χ2n) is 5.99. The lowest BCUT2D eigenvalue weighted by Gasteiger charge is -2.21. The summed E-state index contributed by atoms with van der Waals surface area (Å²) in [6.07, 6.45) is 0.157. The molecule has 0 saturated carbocycles. The molecule has 22 heavy (non-hydrogen) atoms. The van der Waals surface area contributed by atoms with Crippen LogP contribution in [0.5, 0.6) is 5.75 Å². The Hall–Kier alpha value is -1.84. The zero-order chi connectivity index (χ0) is 16.1. The Balaban J connectivity index is 1.92. The van der Waals surface area contributed by atoms with Gasteiger partial charge in [-0.25, -0.2) is 0 Å². The van der Waals surface area contributed by atoms with E-state index in [1.54, 1.807) is 6.07 Å². The third-order valence-corrected chi connectivity index (χ3v) is 4.17. The standard InChI is InChI=1S/C19H25NO2/c1-13-9-17(19(22)10-14(13)2)12-20-15(3)18(21)11-16-7-5-4-6-8-16/h4-10,15,18,20-22H,11-12H2,1-3H3. The van der Waals surface area contributed by atoms with Gasteiger partial charge in [0.2, 0.25) is 0 Å². The van der Waals surface area contributed by atoms with Crippen LogP contribution in [0.25, 0.3) is 0 Å². The van der Waals surface area contributed by atoms with Gasteiger partial charge in [0.25, 0.3) is 0 Å². The van der Waals surface area contributed by atoms with E-state index in [4.69, 9.17) is 0 Å². The quantitative estimate of drug-likeness (QED) is 0.768. The van der Waals surface area contributed by atoms with Gasteiger partial charge in [0.15, 0.2) is 0 Å². The van der Waals surface area contributed by atoms with Gasteiger partial charge in [-0.2, -0.15) is 0 Å². The number of phenolic OH excluding ortho intramolecular Hbond substituents is 1. The van der Waals surface area contributed by atoms with Crippen LogP contribution in [0, 0.1) is 13.8 Å². The van der Waals surface area contributed by atoms with Crippen LogP contribution in [0.2, 0.25) is 0 Å². The first-order valence-corrected chi connectivity index (χ1v) is 7.72. The molecule has 3 N–H and O–H groups in total. The maximum Gasteiger partial charge on any atom is 0.120 e. The van der Waals surface area contributed by atoms with Crippen molar-refractivity contribution >= 4 is 0 Å². The molecule has 0 bridgehead atoms.